The van der Waals surface area contributed by atoms with E-state index in [1.54, 1.807) is 0 Å². The molecule has 3 nitrogen and oxygen atoms in total. The summed E-state index contributed by atoms with van der Waals surface area (Å²) in [7, 11) is 0. The summed E-state index contributed by atoms with van der Waals surface area (Å²) < 4.78 is 13.1. The van der Waals surface area contributed by atoms with Gasteiger partial charge in [-0.15, -0.1) is 0 Å². The van der Waals surface area contributed by atoms with Crippen molar-refractivity contribution in [3.8, 4) is 0 Å². The van der Waals surface area contributed by atoms with Crippen molar-refractivity contribution < 1.29 is 19.4 Å². The predicted molar refractivity (Wildman–Crippen MR) is 65.5 cm³/mol. The standard InChI is InChI=1S/C11H12ClFO3S/c1-6(14)17-5-9(15)11(16)7-3-2-4-8(13)10(7)12/h2-4,9,11,15-16H,5H2,1H3. The number of hydrogen-bond acceptors (Lipinski definition) is 4. The average Bonchev–Trinajstić information content (AvgIpc) is 2.28. The van der Waals surface area contributed by atoms with E-state index in [9.17, 15) is 19.4 Å². The maximum absolute atomic E-state index is 13.1. The molecule has 0 aliphatic rings. The Hall–Kier alpha value is -0.620. The predicted octanol–water partition coefficient (Wildman–Crippen LogP) is 2.15. The summed E-state index contributed by atoms with van der Waals surface area (Å²) in [4.78, 5) is 10.7. The van der Waals surface area contributed by atoms with Crippen LogP contribution in [0.25, 0.3) is 0 Å². The molecule has 0 fully saturated rings. The molecule has 0 bridgehead atoms. The molecule has 0 saturated carbocycles. The highest BCUT2D eigenvalue weighted by Gasteiger charge is 2.22. The molecule has 6 heteroatoms. The summed E-state index contributed by atoms with van der Waals surface area (Å²) in [5, 5.41) is 19.0. The number of carbonyl (C=O) groups is 1. The minimum absolute atomic E-state index is 0.0311. The third kappa shape index (κ3) is 3.96. The lowest BCUT2D eigenvalue weighted by atomic mass is 10.1. The van der Waals surface area contributed by atoms with Crippen molar-refractivity contribution in [1.82, 2.24) is 0 Å². The van der Waals surface area contributed by atoms with Crippen LogP contribution in [0.1, 0.15) is 18.6 Å². The second-order valence-corrected chi connectivity index (χ2v) is 5.03. The van der Waals surface area contributed by atoms with Gasteiger partial charge in [0.1, 0.15) is 11.9 Å². The van der Waals surface area contributed by atoms with Crippen molar-refractivity contribution in [3.05, 3.63) is 34.6 Å². The lowest BCUT2D eigenvalue weighted by Crippen LogP contribution is -2.21. The highest BCUT2D eigenvalue weighted by molar-refractivity contribution is 8.13. The molecule has 2 atom stereocenters. The molecule has 2 unspecified atom stereocenters. The Bertz CT molecular complexity index is 414. The van der Waals surface area contributed by atoms with Gasteiger partial charge in [0.15, 0.2) is 5.12 Å². The van der Waals surface area contributed by atoms with Gasteiger partial charge in [-0.3, -0.25) is 4.79 Å². The SMILES string of the molecule is CC(=O)SCC(O)C(O)c1cccc(F)c1Cl. The largest absolute Gasteiger partial charge is 0.389 e. The van der Waals surface area contributed by atoms with Gasteiger partial charge in [-0.2, -0.15) is 0 Å². The number of rotatable bonds is 4. The molecule has 0 aromatic heterocycles. The van der Waals surface area contributed by atoms with Gasteiger partial charge in [0.05, 0.1) is 11.1 Å². The minimum Gasteiger partial charge on any atom is -0.389 e. The van der Waals surface area contributed by atoms with E-state index in [0.29, 0.717) is 0 Å². The van der Waals surface area contributed by atoms with Gasteiger partial charge in [0.25, 0.3) is 0 Å². The highest BCUT2D eigenvalue weighted by atomic mass is 35.5. The number of halogens is 2. The summed E-state index contributed by atoms with van der Waals surface area (Å²) in [6, 6.07) is 3.98. The van der Waals surface area contributed by atoms with Crippen LogP contribution in [0.3, 0.4) is 0 Å². The second kappa shape index (κ2) is 6.35. The second-order valence-electron chi connectivity index (χ2n) is 3.46. The Morgan fingerprint density at radius 2 is 2.18 bits per heavy atom. The smallest absolute Gasteiger partial charge is 0.185 e. The Morgan fingerprint density at radius 3 is 2.76 bits per heavy atom. The van der Waals surface area contributed by atoms with E-state index < -0.39 is 18.0 Å². The maximum Gasteiger partial charge on any atom is 0.185 e. The van der Waals surface area contributed by atoms with Crippen molar-refractivity contribution >= 4 is 28.5 Å². The van der Waals surface area contributed by atoms with Crippen LogP contribution in [0.15, 0.2) is 18.2 Å². The minimum atomic E-state index is -1.31. The van der Waals surface area contributed by atoms with Gasteiger partial charge < -0.3 is 10.2 Å². The Kier molecular flexibility index (Phi) is 5.39. The van der Waals surface area contributed by atoms with Crippen molar-refractivity contribution in [3.63, 3.8) is 0 Å². The molecule has 0 radical (unpaired) electrons. The van der Waals surface area contributed by atoms with Crippen molar-refractivity contribution in [2.75, 3.05) is 5.75 Å². The summed E-state index contributed by atoms with van der Waals surface area (Å²) in [5.74, 6) is -0.627. The number of benzene rings is 1. The first-order valence-corrected chi connectivity index (χ1v) is 6.23. The highest BCUT2D eigenvalue weighted by Crippen LogP contribution is 2.28. The molecular formula is C11H12ClFO3S. The third-order valence-corrected chi connectivity index (χ3v) is 3.44. The quantitative estimate of drug-likeness (QED) is 0.886. The zero-order valence-electron chi connectivity index (χ0n) is 9.06. The van der Waals surface area contributed by atoms with E-state index >= 15 is 0 Å². The molecule has 1 rings (SSSR count). The van der Waals surface area contributed by atoms with Crippen molar-refractivity contribution in [2.45, 2.75) is 19.1 Å². The van der Waals surface area contributed by atoms with E-state index in [0.717, 1.165) is 17.8 Å². The van der Waals surface area contributed by atoms with Gasteiger partial charge in [0, 0.05) is 18.2 Å². The number of aliphatic hydroxyl groups excluding tert-OH is 2. The third-order valence-electron chi connectivity index (χ3n) is 2.12. The van der Waals surface area contributed by atoms with Crippen LogP contribution in [0.4, 0.5) is 4.39 Å². The van der Waals surface area contributed by atoms with Crippen LogP contribution in [0.2, 0.25) is 5.02 Å². The van der Waals surface area contributed by atoms with Gasteiger partial charge in [-0.05, 0) is 6.07 Å². The lowest BCUT2D eigenvalue weighted by molar-refractivity contribution is -0.109. The number of aliphatic hydroxyl groups is 2. The fraction of sp³-hybridized carbons (Fsp3) is 0.364. The molecule has 0 aliphatic carbocycles. The topological polar surface area (TPSA) is 57.5 Å². The molecule has 0 amide bonds. The number of thioether (sulfide) groups is 1. The molecule has 2 N–H and O–H groups in total. The zero-order chi connectivity index (χ0) is 13.0. The van der Waals surface area contributed by atoms with Crippen LogP contribution in [-0.2, 0) is 4.79 Å². The van der Waals surface area contributed by atoms with Gasteiger partial charge >= 0.3 is 0 Å². The monoisotopic (exact) mass is 278 g/mol. The van der Waals surface area contributed by atoms with Gasteiger partial charge in [-0.1, -0.05) is 35.5 Å². The molecule has 0 saturated heterocycles. The Balaban J connectivity index is 2.77. The van der Waals surface area contributed by atoms with E-state index in [-0.39, 0.29) is 21.5 Å². The molecule has 1 aromatic rings. The van der Waals surface area contributed by atoms with Crippen LogP contribution in [0, 0.1) is 5.82 Å². The van der Waals surface area contributed by atoms with Crippen LogP contribution >= 0.6 is 23.4 Å². The molecule has 17 heavy (non-hydrogen) atoms. The van der Waals surface area contributed by atoms with Gasteiger partial charge in [-0.25, -0.2) is 4.39 Å². The Labute approximate surface area is 108 Å². The first kappa shape index (κ1) is 14.4. The van der Waals surface area contributed by atoms with E-state index in [1.165, 1.54) is 19.1 Å². The molecule has 0 spiro atoms. The van der Waals surface area contributed by atoms with Crippen LogP contribution in [-0.4, -0.2) is 27.2 Å². The van der Waals surface area contributed by atoms with Crippen LogP contribution in [0.5, 0.6) is 0 Å². The maximum atomic E-state index is 13.1. The fourth-order valence-corrected chi connectivity index (χ4v) is 2.08. The lowest BCUT2D eigenvalue weighted by Gasteiger charge is -2.18. The van der Waals surface area contributed by atoms with E-state index in [4.69, 9.17) is 11.6 Å². The molecule has 94 valence electrons. The summed E-state index contributed by atoms with van der Waals surface area (Å²) in [6.45, 7) is 1.36. The zero-order valence-corrected chi connectivity index (χ0v) is 10.6. The molecule has 0 heterocycles. The first-order chi connectivity index (χ1) is 7.93. The van der Waals surface area contributed by atoms with Crippen molar-refractivity contribution in [1.29, 1.82) is 0 Å². The average molecular weight is 279 g/mol. The normalized spacial score (nSPS) is 14.4. The summed E-state index contributed by atoms with van der Waals surface area (Å²) in [6.07, 6.45) is -2.49. The number of carbonyl (C=O) groups excluding carboxylic acids is 1. The fourth-order valence-electron chi connectivity index (χ4n) is 1.25. The summed E-state index contributed by atoms with van der Waals surface area (Å²) in [5.41, 5.74) is 0.114. The number of hydrogen-bond donors (Lipinski definition) is 2. The summed E-state index contributed by atoms with van der Waals surface area (Å²) >= 11 is 6.56. The van der Waals surface area contributed by atoms with E-state index in [2.05, 4.69) is 0 Å². The molecule has 0 aliphatic heterocycles. The van der Waals surface area contributed by atoms with Gasteiger partial charge in [0.2, 0.25) is 0 Å². The molecular weight excluding hydrogens is 267 g/mol. The van der Waals surface area contributed by atoms with Crippen LogP contribution < -0.4 is 0 Å². The Morgan fingerprint density at radius 1 is 1.53 bits per heavy atom. The molecule has 1 aromatic carbocycles. The van der Waals surface area contributed by atoms with E-state index in [1.807, 2.05) is 0 Å². The van der Waals surface area contributed by atoms with Crippen molar-refractivity contribution in [2.24, 2.45) is 0 Å². The first-order valence-electron chi connectivity index (χ1n) is 4.87.